The van der Waals surface area contributed by atoms with Gasteiger partial charge in [-0.3, -0.25) is 4.79 Å². The van der Waals surface area contributed by atoms with Crippen molar-refractivity contribution in [3.8, 4) is 0 Å². The molecule has 1 aromatic heterocycles. The van der Waals surface area contributed by atoms with Crippen molar-refractivity contribution in [2.75, 3.05) is 6.54 Å². The van der Waals surface area contributed by atoms with Gasteiger partial charge in [-0.15, -0.1) is 0 Å². The zero-order valence-corrected chi connectivity index (χ0v) is 11.7. The van der Waals surface area contributed by atoms with Gasteiger partial charge in [0, 0.05) is 19.4 Å². The van der Waals surface area contributed by atoms with Crippen LogP contribution in [0.2, 0.25) is 0 Å². The van der Waals surface area contributed by atoms with Gasteiger partial charge in [0.05, 0.1) is 0 Å². The van der Waals surface area contributed by atoms with Crippen molar-refractivity contribution in [1.82, 2.24) is 10.3 Å². The Morgan fingerprint density at radius 2 is 2.05 bits per heavy atom. The normalized spacial score (nSPS) is 11.7. The number of para-hydroxylation sites is 2. The predicted octanol–water partition coefficient (Wildman–Crippen LogP) is 2.92. The standard InChI is InChI=1S/C15H20N2O2/c1-15(2,3)10-13(18)16-9-8-14-17-11-6-4-5-7-12(11)19-14/h4-7H,8-10H2,1-3H3,(H,16,18). The maximum Gasteiger partial charge on any atom is 0.220 e. The van der Waals surface area contributed by atoms with Crippen LogP contribution in [0.3, 0.4) is 0 Å². The molecule has 0 aliphatic heterocycles. The summed E-state index contributed by atoms with van der Waals surface area (Å²) < 4.78 is 5.59. The number of oxazole rings is 1. The van der Waals surface area contributed by atoms with E-state index >= 15 is 0 Å². The van der Waals surface area contributed by atoms with E-state index in [0.717, 1.165) is 11.1 Å². The summed E-state index contributed by atoms with van der Waals surface area (Å²) >= 11 is 0. The first-order valence-corrected chi connectivity index (χ1v) is 6.55. The summed E-state index contributed by atoms with van der Waals surface area (Å²) in [5.41, 5.74) is 1.67. The first-order chi connectivity index (χ1) is 8.94. The Bertz CT molecular complexity index is 534. The molecule has 0 fully saturated rings. The highest BCUT2D eigenvalue weighted by atomic mass is 16.3. The maximum atomic E-state index is 11.7. The smallest absolute Gasteiger partial charge is 0.220 e. The monoisotopic (exact) mass is 260 g/mol. The lowest BCUT2D eigenvalue weighted by atomic mass is 9.92. The molecule has 0 unspecified atom stereocenters. The Hall–Kier alpha value is -1.84. The fourth-order valence-corrected chi connectivity index (χ4v) is 1.88. The molecule has 19 heavy (non-hydrogen) atoms. The summed E-state index contributed by atoms with van der Waals surface area (Å²) in [4.78, 5) is 16.0. The molecule has 0 bridgehead atoms. The zero-order chi connectivity index (χ0) is 13.9. The summed E-state index contributed by atoms with van der Waals surface area (Å²) in [6.45, 7) is 6.70. The molecule has 4 nitrogen and oxygen atoms in total. The fourth-order valence-electron chi connectivity index (χ4n) is 1.88. The minimum Gasteiger partial charge on any atom is -0.441 e. The van der Waals surface area contributed by atoms with E-state index in [1.807, 2.05) is 45.0 Å². The number of amides is 1. The summed E-state index contributed by atoms with van der Waals surface area (Å²) in [6.07, 6.45) is 1.14. The van der Waals surface area contributed by atoms with Gasteiger partial charge in [0.15, 0.2) is 11.5 Å². The minimum atomic E-state index is 0.0156. The number of carbonyl (C=O) groups excluding carboxylic acids is 1. The van der Waals surface area contributed by atoms with Crippen LogP contribution in [-0.4, -0.2) is 17.4 Å². The van der Waals surface area contributed by atoms with Crippen LogP contribution in [0, 0.1) is 5.41 Å². The molecule has 0 aliphatic rings. The summed E-state index contributed by atoms with van der Waals surface area (Å²) in [7, 11) is 0. The lowest BCUT2D eigenvalue weighted by Crippen LogP contribution is -2.29. The molecule has 2 rings (SSSR count). The van der Waals surface area contributed by atoms with Crippen LogP contribution < -0.4 is 5.32 Å². The second-order valence-corrected chi connectivity index (χ2v) is 5.91. The number of nitrogens with zero attached hydrogens (tertiary/aromatic N) is 1. The Morgan fingerprint density at radius 1 is 1.32 bits per heavy atom. The third-order valence-corrected chi connectivity index (χ3v) is 2.69. The number of carbonyl (C=O) groups is 1. The van der Waals surface area contributed by atoms with Gasteiger partial charge < -0.3 is 9.73 Å². The Balaban J connectivity index is 1.84. The molecule has 4 heteroatoms. The van der Waals surface area contributed by atoms with Crippen LogP contribution in [0.5, 0.6) is 0 Å². The molecule has 1 heterocycles. The van der Waals surface area contributed by atoms with Crippen molar-refractivity contribution < 1.29 is 9.21 Å². The van der Waals surface area contributed by atoms with Crippen LogP contribution in [0.25, 0.3) is 11.1 Å². The molecule has 102 valence electrons. The van der Waals surface area contributed by atoms with E-state index in [1.54, 1.807) is 0 Å². The largest absolute Gasteiger partial charge is 0.441 e. The molecule has 1 amide bonds. The van der Waals surface area contributed by atoms with Crippen LogP contribution >= 0.6 is 0 Å². The van der Waals surface area contributed by atoms with Crippen LogP contribution in [0.15, 0.2) is 28.7 Å². The highest BCUT2D eigenvalue weighted by Gasteiger charge is 2.15. The van der Waals surface area contributed by atoms with Crippen molar-refractivity contribution in [1.29, 1.82) is 0 Å². The molecule has 0 saturated carbocycles. The van der Waals surface area contributed by atoms with Gasteiger partial charge in [-0.25, -0.2) is 4.98 Å². The third-order valence-electron chi connectivity index (χ3n) is 2.69. The highest BCUT2D eigenvalue weighted by Crippen LogP contribution is 2.18. The van der Waals surface area contributed by atoms with E-state index in [9.17, 15) is 4.79 Å². The Morgan fingerprint density at radius 3 is 2.74 bits per heavy atom. The number of hydrogen-bond acceptors (Lipinski definition) is 3. The van der Waals surface area contributed by atoms with Crippen LogP contribution in [-0.2, 0) is 11.2 Å². The van der Waals surface area contributed by atoms with E-state index in [-0.39, 0.29) is 11.3 Å². The van der Waals surface area contributed by atoms with Crippen molar-refractivity contribution in [2.24, 2.45) is 5.41 Å². The first kappa shape index (κ1) is 13.6. The summed E-state index contributed by atoms with van der Waals surface area (Å²) in [6, 6.07) is 7.66. The predicted molar refractivity (Wildman–Crippen MR) is 74.8 cm³/mol. The van der Waals surface area contributed by atoms with Crippen LogP contribution in [0.1, 0.15) is 33.1 Å². The van der Waals surface area contributed by atoms with Gasteiger partial charge in [0.2, 0.25) is 5.91 Å². The molecule has 2 aromatic rings. The topological polar surface area (TPSA) is 55.1 Å². The van der Waals surface area contributed by atoms with Crippen LogP contribution in [0.4, 0.5) is 0 Å². The number of benzene rings is 1. The van der Waals surface area contributed by atoms with E-state index in [1.165, 1.54) is 0 Å². The van der Waals surface area contributed by atoms with Gasteiger partial charge in [-0.05, 0) is 17.5 Å². The first-order valence-electron chi connectivity index (χ1n) is 6.55. The summed E-state index contributed by atoms with van der Waals surface area (Å²) in [5.74, 6) is 0.737. The lowest BCUT2D eigenvalue weighted by Gasteiger charge is -2.16. The lowest BCUT2D eigenvalue weighted by molar-refractivity contribution is -0.122. The van der Waals surface area contributed by atoms with E-state index < -0.39 is 0 Å². The quantitative estimate of drug-likeness (QED) is 0.919. The number of nitrogens with one attached hydrogen (secondary N) is 1. The second-order valence-electron chi connectivity index (χ2n) is 5.91. The van der Waals surface area contributed by atoms with Gasteiger partial charge in [0.25, 0.3) is 0 Å². The molecule has 0 aliphatic carbocycles. The molecule has 0 atom stereocenters. The number of aromatic nitrogens is 1. The molecular formula is C15H20N2O2. The van der Waals surface area contributed by atoms with Crippen molar-refractivity contribution in [3.63, 3.8) is 0 Å². The zero-order valence-electron chi connectivity index (χ0n) is 11.7. The maximum absolute atomic E-state index is 11.7. The molecule has 1 N–H and O–H groups in total. The molecule has 1 aromatic carbocycles. The minimum absolute atomic E-state index is 0.0156. The Labute approximate surface area is 113 Å². The van der Waals surface area contributed by atoms with Crippen molar-refractivity contribution >= 4 is 17.0 Å². The van der Waals surface area contributed by atoms with Gasteiger partial charge >= 0.3 is 0 Å². The number of hydrogen-bond donors (Lipinski definition) is 1. The van der Waals surface area contributed by atoms with Gasteiger partial charge in [-0.1, -0.05) is 32.9 Å². The molecule has 0 spiro atoms. The Kier molecular flexibility index (Phi) is 3.88. The van der Waals surface area contributed by atoms with E-state index in [2.05, 4.69) is 10.3 Å². The third kappa shape index (κ3) is 4.09. The average molecular weight is 260 g/mol. The van der Waals surface area contributed by atoms with E-state index in [0.29, 0.717) is 25.3 Å². The number of fused-ring (bicyclic) bond motifs is 1. The SMILES string of the molecule is CC(C)(C)CC(=O)NCCc1nc2ccccc2o1. The molecular weight excluding hydrogens is 240 g/mol. The van der Waals surface area contributed by atoms with Gasteiger partial charge in [0.1, 0.15) is 5.52 Å². The summed E-state index contributed by atoms with van der Waals surface area (Å²) in [5, 5.41) is 2.89. The highest BCUT2D eigenvalue weighted by molar-refractivity contribution is 5.76. The molecule has 0 radical (unpaired) electrons. The second kappa shape index (κ2) is 5.43. The van der Waals surface area contributed by atoms with Crippen molar-refractivity contribution in [3.05, 3.63) is 30.2 Å². The fraction of sp³-hybridized carbons (Fsp3) is 0.467. The van der Waals surface area contributed by atoms with E-state index in [4.69, 9.17) is 4.42 Å². The number of rotatable bonds is 4. The van der Waals surface area contributed by atoms with Crippen molar-refractivity contribution in [2.45, 2.75) is 33.6 Å². The molecule has 0 saturated heterocycles. The average Bonchev–Trinajstić information content (AvgIpc) is 2.68. The van der Waals surface area contributed by atoms with Gasteiger partial charge in [-0.2, -0.15) is 0 Å².